The first-order chi connectivity index (χ1) is 12.2. The van der Waals surface area contributed by atoms with Gasteiger partial charge in [-0.1, -0.05) is 78.9 Å². The molecule has 0 fully saturated rings. The Hall–Kier alpha value is -2.65. The molecule has 0 atom stereocenters. The lowest BCUT2D eigenvalue weighted by Crippen LogP contribution is -2.06. The minimum absolute atomic E-state index is 0.338. The Morgan fingerprint density at radius 3 is 1.84 bits per heavy atom. The Kier molecular flexibility index (Phi) is 5.46. The summed E-state index contributed by atoms with van der Waals surface area (Å²) in [4.78, 5) is 0.777. The van der Waals surface area contributed by atoms with Crippen molar-refractivity contribution in [3.05, 3.63) is 107 Å². The van der Waals surface area contributed by atoms with Gasteiger partial charge < -0.3 is 0 Å². The number of aryl methyl sites for hydroxylation is 1. The van der Waals surface area contributed by atoms with E-state index in [2.05, 4.69) is 0 Å². The van der Waals surface area contributed by atoms with Crippen LogP contribution in [0, 0.1) is 0 Å². The van der Waals surface area contributed by atoms with E-state index in [1.807, 2.05) is 66.7 Å². The summed E-state index contributed by atoms with van der Waals surface area (Å²) in [5.41, 5.74) is 2.02. The topological polar surface area (TPSA) is 34.1 Å². The predicted octanol–water partition coefficient (Wildman–Crippen LogP) is 5.13. The molecule has 2 nitrogen and oxygen atoms in total. The van der Waals surface area contributed by atoms with Gasteiger partial charge in [0.25, 0.3) is 0 Å². The molecule has 126 valence electrons. The minimum atomic E-state index is -3.51. The summed E-state index contributed by atoms with van der Waals surface area (Å²) < 4.78 is 26.2. The van der Waals surface area contributed by atoms with Crippen LogP contribution in [0.25, 0.3) is 6.08 Å². The molecule has 3 aromatic carbocycles. The molecule has 0 unspecified atom stereocenters. The molecule has 0 heterocycles. The van der Waals surface area contributed by atoms with Gasteiger partial charge in [-0.2, -0.15) is 0 Å². The van der Waals surface area contributed by atoms with Crippen molar-refractivity contribution >= 4 is 15.9 Å². The van der Waals surface area contributed by atoms with E-state index in [-0.39, 0.29) is 0 Å². The van der Waals surface area contributed by atoms with Crippen molar-refractivity contribution < 1.29 is 8.42 Å². The number of benzene rings is 3. The highest BCUT2D eigenvalue weighted by molar-refractivity contribution is 7.95. The van der Waals surface area contributed by atoms with E-state index < -0.39 is 9.84 Å². The van der Waals surface area contributed by atoms with Gasteiger partial charge in [-0.3, -0.25) is 0 Å². The van der Waals surface area contributed by atoms with Crippen LogP contribution in [0.1, 0.15) is 17.5 Å². The van der Waals surface area contributed by atoms with Gasteiger partial charge in [0.05, 0.1) is 9.80 Å². The van der Waals surface area contributed by atoms with Gasteiger partial charge in [0.1, 0.15) is 0 Å². The molecule has 0 aliphatic rings. The molecule has 3 heteroatoms. The number of rotatable bonds is 6. The van der Waals surface area contributed by atoms with Crippen LogP contribution in [0.3, 0.4) is 0 Å². The Morgan fingerprint density at radius 2 is 1.24 bits per heavy atom. The van der Waals surface area contributed by atoms with E-state index in [9.17, 15) is 8.42 Å². The molecule has 0 radical (unpaired) electrons. The quantitative estimate of drug-likeness (QED) is 0.618. The lowest BCUT2D eigenvalue weighted by Gasteiger charge is -2.10. The highest BCUT2D eigenvalue weighted by atomic mass is 32.2. The fraction of sp³-hybridized carbons (Fsp3) is 0.0909. The molecule has 3 rings (SSSR count). The zero-order valence-corrected chi connectivity index (χ0v) is 14.7. The minimum Gasteiger partial charge on any atom is -0.219 e. The third-order valence-corrected chi connectivity index (χ3v) is 5.93. The normalized spacial score (nSPS) is 12.1. The van der Waals surface area contributed by atoms with Gasteiger partial charge >= 0.3 is 0 Å². The average Bonchev–Trinajstić information content (AvgIpc) is 2.67. The van der Waals surface area contributed by atoms with Crippen molar-refractivity contribution in [1.82, 2.24) is 0 Å². The zero-order valence-electron chi connectivity index (χ0n) is 13.9. The number of allylic oxidation sites excluding steroid dienone is 1. The first kappa shape index (κ1) is 17.2. The van der Waals surface area contributed by atoms with Crippen molar-refractivity contribution in [3.8, 4) is 0 Å². The third-order valence-electron chi connectivity index (χ3n) is 4.03. The second-order valence-electron chi connectivity index (χ2n) is 5.82. The largest absolute Gasteiger partial charge is 0.219 e. The molecule has 0 aliphatic carbocycles. The summed E-state index contributed by atoms with van der Waals surface area (Å²) >= 11 is 0. The van der Waals surface area contributed by atoms with Gasteiger partial charge in [-0.25, -0.2) is 8.42 Å². The van der Waals surface area contributed by atoms with Crippen LogP contribution in [0.5, 0.6) is 0 Å². The summed E-state index contributed by atoms with van der Waals surface area (Å²) in [6.07, 6.45) is 2.94. The maximum Gasteiger partial charge on any atom is 0.202 e. The van der Waals surface area contributed by atoms with E-state index in [1.54, 1.807) is 30.3 Å². The summed E-state index contributed by atoms with van der Waals surface area (Å²) in [6.45, 7) is 0. The van der Waals surface area contributed by atoms with Crippen LogP contribution in [0.15, 0.2) is 101 Å². The molecule has 0 bridgehead atoms. The van der Waals surface area contributed by atoms with E-state index in [4.69, 9.17) is 0 Å². The van der Waals surface area contributed by atoms with Gasteiger partial charge in [-0.15, -0.1) is 0 Å². The van der Waals surface area contributed by atoms with Gasteiger partial charge in [0.2, 0.25) is 9.84 Å². The van der Waals surface area contributed by atoms with Crippen molar-refractivity contribution in [2.75, 3.05) is 0 Å². The maximum absolute atomic E-state index is 13.1. The molecular weight excluding hydrogens is 328 g/mol. The van der Waals surface area contributed by atoms with Crippen LogP contribution >= 0.6 is 0 Å². The standard InChI is InChI=1S/C22H20O2S/c23-25(24,21-14-8-3-9-15-21)22(18-20-12-6-2-7-13-20)17-16-19-10-4-1-5-11-19/h1-15,18H,16-17H2/b22-18-. The molecule has 0 saturated carbocycles. The lowest BCUT2D eigenvalue weighted by molar-refractivity contribution is 0.600. The van der Waals surface area contributed by atoms with E-state index in [0.29, 0.717) is 22.6 Å². The van der Waals surface area contributed by atoms with Gasteiger partial charge in [-0.05, 0) is 42.2 Å². The van der Waals surface area contributed by atoms with Crippen molar-refractivity contribution in [3.63, 3.8) is 0 Å². The van der Waals surface area contributed by atoms with Crippen LogP contribution in [-0.2, 0) is 16.3 Å². The molecule has 0 aromatic heterocycles. The van der Waals surface area contributed by atoms with Gasteiger partial charge in [0, 0.05) is 0 Å². The second kappa shape index (κ2) is 7.95. The monoisotopic (exact) mass is 348 g/mol. The Balaban J connectivity index is 1.96. The number of sulfone groups is 1. The Labute approximate surface area is 149 Å². The predicted molar refractivity (Wildman–Crippen MR) is 103 cm³/mol. The van der Waals surface area contributed by atoms with Crippen LogP contribution < -0.4 is 0 Å². The molecule has 3 aromatic rings. The van der Waals surface area contributed by atoms with E-state index in [0.717, 1.165) is 11.1 Å². The van der Waals surface area contributed by atoms with Gasteiger partial charge in [0.15, 0.2) is 0 Å². The highest BCUT2D eigenvalue weighted by Crippen LogP contribution is 2.25. The van der Waals surface area contributed by atoms with Crippen molar-refractivity contribution in [2.45, 2.75) is 17.7 Å². The second-order valence-corrected chi connectivity index (χ2v) is 7.83. The average molecular weight is 348 g/mol. The summed E-state index contributed by atoms with van der Waals surface area (Å²) in [5.74, 6) is 0. The van der Waals surface area contributed by atoms with Crippen LogP contribution in [0.2, 0.25) is 0 Å². The van der Waals surface area contributed by atoms with E-state index in [1.165, 1.54) is 0 Å². The number of hydrogen-bond acceptors (Lipinski definition) is 2. The fourth-order valence-electron chi connectivity index (χ4n) is 2.68. The summed E-state index contributed by atoms with van der Waals surface area (Å²) in [7, 11) is -3.51. The molecular formula is C22H20O2S. The summed E-state index contributed by atoms with van der Waals surface area (Å²) in [5, 5.41) is 0. The lowest BCUT2D eigenvalue weighted by atomic mass is 10.1. The van der Waals surface area contributed by atoms with Crippen LogP contribution in [-0.4, -0.2) is 8.42 Å². The van der Waals surface area contributed by atoms with Crippen molar-refractivity contribution in [1.29, 1.82) is 0 Å². The molecule has 0 N–H and O–H groups in total. The van der Waals surface area contributed by atoms with Crippen molar-refractivity contribution in [2.24, 2.45) is 0 Å². The smallest absolute Gasteiger partial charge is 0.202 e. The van der Waals surface area contributed by atoms with E-state index >= 15 is 0 Å². The maximum atomic E-state index is 13.1. The van der Waals surface area contributed by atoms with Crippen LogP contribution in [0.4, 0.5) is 0 Å². The first-order valence-corrected chi connectivity index (χ1v) is 9.74. The Morgan fingerprint density at radius 1 is 0.720 bits per heavy atom. The zero-order chi connectivity index (χ0) is 17.5. The molecule has 0 saturated heterocycles. The highest BCUT2D eigenvalue weighted by Gasteiger charge is 2.20. The first-order valence-electron chi connectivity index (χ1n) is 8.26. The molecule has 0 amide bonds. The molecule has 25 heavy (non-hydrogen) atoms. The Bertz CT molecular complexity index is 929. The summed E-state index contributed by atoms with van der Waals surface area (Å²) in [6, 6.07) is 28.2. The SMILES string of the molecule is O=S(=O)(/C(=C\c1ccccc1)CCc1ccccc1)c1ccccc1. The fourth-order valence-corrected chi connectivity index (χ4v) is 4.16. The molecule has 0 aliphatic heterocycles. The molecule has 0 spiro atoms. The third kappa shape index (κ3) is 4.46. The number of hydrogen-bond donors (Lipinski definition) is 0.